The van der Waals surface area contributed by atoms with Crippen LogP contribution in [0.15, 0.2) is 22.7 Å². The van der Waals surface area contributed by atoms with Crippen LogP contribution in [-0.2, 0) is 11.2 Å². The molecule has 162 valence electrons. The van der Waals surface area contributed by atoms with Gasteiger partial charge in [-0.2, -0.15) is 4.98 Å². The summed E-state index contributed by atoms with van der Waals surface area (Å²) >= 11 is 0. The molecule has 2 aromatic rings. The molecule has 2 heterocycles. The number of anilines is 1. The van der Waals surface area contributed by atoms with E-state index < -0.39 is 0 Å². The van der Waals surface area contributed by atoms with Gasteiger partial charge in [0.25, 0.3) is 5.95 Å². The van der Waals surface area contributed by atoms with Crippen LogP contribution in [0.3, 0.4) is 0 Å². The van der Waals surface area contributed by atoms with Crippen LogP contribution in [-0.4, -0.2) is 36.1 Å². The molecule has 1 aromatic heterocycles. The second-order valence-electron chi connectivity index (χ2n) is 8.83. The van der Waals surface area contributed by atoms with Crippen LogP contribution >= 0.6 is 0 Å². The van der Waals surface area contributed by atoms with Gasteiger partial charge >= 0.3 is 0 Å². The van der Waals surface area contributed by atoms with Crippen LogP contribution in [0.5, 0.6) is 5.75 Å². The van der Waals surface area contributed by atoms with Gasteiger partial charge in [-0.3, -0.25) is 0 Å². The van der Waals surface area contributed by atoms with Gasteiger partial charge in [-0.05, 0) is 60.2 Å². The van der Waals surface area contributed by atoms with E-state index in [2.05, 4.69) is 28.9 Å². The Labute approximate surface area is 176 Å². The summed E-state index contributed by atoms with van der Waals surface area (Å²) in [6.45, 7) is 6.68. The van der Waals surface area contributed by atoms with E-state index in [9.17, 15) is 9.18 Å². The second kappa shape index (κ2) is 9.14. The van der Waals surface area contributed by atoms with Crippen LogP contribution in [0, 0.1) is 23.6 Å². The quantitative estimate of drug-likeness (QED) is 0.566. The average molecular weight is 416 g/mol. The van der Waals surface area contributed by atoms with E-state index in [1.54, 1.807) is 12.1 Å². The predicted molar refractivity (Wildman–Crippen MR) is 111 cm³/mol. The maximum atomic E-state index is 13.9. The van der Waals surface area contributed by atoms with Crippen molar-refractivity contribution in [3.8, 4) is 5.75 Å². The molecule has 6 nitrogen and oxygen atoms in total. The van der Waals surface area contributed by atoms with Crippen LogP contribution < -0.4 is 9.64 Å². The molecular formula is C23H30FN3O3. The molecule has 7 heteroatoms. The van der Waals surface area contributed by atoms with Gasteiger partial charge in [0.2, 0.25) is 5.89 Å². The lowest BCUT2D eigenvalue weighted by Crippen LogP contribution is -2.35. The van der Waals surface area contributed by atoms with E-state index in [0.29, 0.717) is 36.0 Å². The van der Waals surface area contributed by atoms with Crippen molar-refractivity contribution in [2.75, 3.05) is 24.6 Å². The molecule has 1 saturated carbocycles. The molecule has 30 heavy (non-hydrogen) atoms. The number of hydrogen-bond donors (Lipinski definition) is 0. The summed E-state index contributed by atoms with van der Waals surface area (Å²) in [5.74, 6) is 4.08. The number of benzene rings is 1. The Morgan fingerprint density at radius 1 is 1.33 bits per heavy atom. The van der Waals surface area contributed by atoms with Crippen molar-refractivity contribution in [3.05, 3.63) is 35.5 Å². The van der Waals surface area contributed by atoms with Crippen molar-refractivity contribution in [1.82, 2.24) is 10.1 Å². The first-order valence-electron chi connectivity index (χ1n) is 11.0. The zero-order chi connectivity index (χ0) is 21.1. The van der Waals surface area contributed by atoms with Gasteiger partial charge < -0.3 is 19.0 Å². The fourth-order valence-corrected chi connectivity index (χ4v) is 4.50. The van der Waals surface area contributed by atoms with Crippen molar-refractivity contribution in [2.24, 2.45) is 17.8 Å². The first-order chi connectivity index (χ1) is 14.5. The van der Waals surface area contributed by atoms with E-state index >= 15 is 0 Å². The van der Waals surface area contributed by atoms with E-state index in [4.69, 9.17) is 9.26 Å². The largest absolute Gasteiger partial charge is 0.493 e. The number of aromatic nitrogens is 2. The molecule has 2 fully saturated rings. The lowest BCUT2D eigenvalue weighted by molar-refractivity contribution is -0.107. The number of carbonyl (C=O) groups excluding carboxylic acids is 1. The topological polar surface area (TPSA) is 68.5 Å². The van der Waals surface area contributed by atoms with Gasteiger partial charge in [0.05, 0.1) is 6.61 Å². The Balaban J connectivity index is 1.18. The van der Waals surface area contributed by atoms with Gasteiger partial charge in [0.15, 0.2) is 0 Å². The van der Waals surface area contributed by atoms with Gasteiger partial charge in [0.1, 0.15) is 17.9 Å². The van der Waals surface area contributed by atoms with Crippen molar-refractivity contribution in [1.29, 1.82) is 0 Å². The molecule has 0 radical (unpaired) electrons. The summed E-state index contributed by atoms with van der Waals surface area (Å²) in [6.07, 6.45) is 5.40. The Morgan fingerprint density at radius 3 is 2.80 bits per heavy atom. The summed E-state index contributed by atoms with van der Waals surface area (Å²) in [5, 5.41) is 4.13. The summed E-state index contributed by atoms with van der Waals surface area (Å²) in [6, 6.07) is 4.74. The zero-order valence-corrected chi connectivity index (χ0v) is 17.7. The van der Waals surface area contributed by atoms with Crippen molar-refractivity contribution >= 4 is 12.2 Å². The van der Waals surface area contributed by atoms with E-state index in [1.807, 2.05) is 0 Å². The lowest BCUT2D eigenvalue weighted by Gasteiger charge is -2.31. The second-order valence-corrected chi connectivity index (χ2v) is 8.83. The number of hydrogen-bond acceptors (Lipinski definition) is 6. The van der Waals surface area contributed by atoms with Gasteiger partial charge in [-0.25, -0.2) is 4.39 Å². The number of halogens is 1. The molecule has 2 aliphatic rings. The van der Waals surface area contributed by atoms with Crippen LogP contribution in [0.2, 0.25) is 0 Å². The minimum atomic E-state index is -0.377. The number of piperidine rings is 1. The number of aldehydes is 1. The number of ether oxygens (including phenoxy) is 1. The van der Waals surface area contributed by atoms with E-state index in [0.717, 1.165) is 50.1 Å². The highest BCUT2D eigenvalue weighted by molar-refractivity contribution is 5.55. The molecule has 1 aliphatic heterocycles. The van der Waals surface area contributed by atoms with Crippen molar-refractivity contribution in [2.45, 2.75) is 51.9 Å². The summed E-state index contributed by atoms with van der Waals surface area (Å²) in [5.41, 5.74) is 0.409. The molecule has 4 rings (SSSR count). The predicted octanol–water partition coefficient (Wildman–Crippen LogP) is 4.40. The Morgan fingerprint density at radius 2 is 2.13 bits per heavy atom. The molecule has 1 saturated heterocycles. The Hall–Kier alpha value is -2.44. The minimum absolute atomic E-state index is 0.0975. The third-order valence-corrected chi connectivity index (χ3v) is 6.42. The molecule has 0 N–H and O–H groups in total. The van der Waals surface area contributed by atoms with Crippen LogP contribution in [0.25, 0.3) is 0 Å². The first kappa shape index (κ1) is 20.8. The maximum Gasteiger partial charge on any atom is 0.266 e. The monoisotopic (exact) mass is 415 g/mol. The molecule has 0 spiro atoms. The van der Waals surface area contributed by atoms with Crippen LogP contribution in [0.1, 0.15) is 56.9 Å². The van der Waals surface area contributed by atoms with Crippen molar-refractivity contribution in [3.63, 3.8) is 0 Å². The van der Waals surface area contributed by atoms with E-state index in [-0.39, 0.29) is 18.2 Å². The molecule has 0 bridgehead atoms. The maximum absolute atomic E-state index is 13.9. The highest BCUT2D eigenvalue weighted by Crippen LogP contribution is 2.49. The smallest absolute Gasteiger partial charge is 0.266 e. The van der Waals surface area contributed by atoms with Gasteiger partial charge in [0, 0.05) is 31.5 Å². The molecule has 1 aromatic carbocycles. The third kappa shape index (κ3) is 4.82. The van der Waals surface area contributed by atoms with Crippen LogP contribution in [0.4, 0.5) is 10.3 Å². The molecular weight excluding hydrogens is 385 g/mol. The van der Waals surface area contributed by atoms with Crippen molar-refractivity contribution < 1.29 is 18.4 Å². The van der Waals surface area contributed by atoms with E-state index in [1.165, 1.54) is 12.5 Å². The average Bonchev–Trinajstić information content (AvgIpc) is 3.33. The molecule has 1 aliphatic carbocycles. The highest BCUT2D eigenvalue weighted by Gasteiger charge is 2.43. The molecule has 2 atom stereocenters. The normalized spacial score (nSPS) is 21.8. The number of carbonyl (C=O) groups is 1. The molecule has 0 unspecified atom stereocenters. The number of rotatable bonds is 9. The summed E-state index contributed by atoms with van der Waals surface area (Å²) < 4.78 is 25.0. The van der Waals surface area contributed by atoms with Gasteiger partial charge in [-0.1, -0.05) is 19.9 Å². The number of nitrogens with zero attached hydrogens (tertiary/aromatic N) is 3. The summed E-state index contributed by atoms with van der Waals surface area (Å²) in [4.78, 5) is 17.3. The highest BCUT2D eigenvalue weighted by atomic mass is 19.1. The SMILES string of the molecule is CC(C)c1nc(N2CCC([C@H]3C[C@H]3CCOc3ccc(CC=O)c(F)c3)CC2)no1. The minimum Gasteiger partial charge on any atom is -0.493 e. The fraction of sp³-hybridized carbons (Fsp3) is 0.609. The molecule has 0 amide bonds. The zero-order valence-electron chi connectivity index (χ0n) is 17.7. The Kier molecular flexibility index (Phi) is 6.35. The Bertz CT molecular complexity index is 861. The first-order valence-corrected chi connectivity index (χ1v) is 11.0. The van der Waals surface area contributed by atoms with Gasteiger partial charge in [-0.15, -0.1) is 0 Å². The standard InChI is InChI=1S/C23H30FN3O3/c1-15(2)22-25-23(26-30-22)27-9-5-16(6-10-27)20-13-18(20)8-12-29-19-4-3-17(7-11-28)21(24)14-19/h3-4,11,14-16,18,20H,5-10,12-13H2,1-2H3/t18-,20-/m1/s1. The fourth-order valence-electron chi connectivity index (χ4n) is 4.50. The summed E-state index contributed by atoms with van der Waals surface area (Å²) in [7, 11) is 0. The third-order valence-electron chi connectivity index (χ3n) is 6.42. The lowest BCUT2D eigenvalue weighted by atomic mass is 9.90.